The second-order valence-electron chi connectivity index (χ2n) is 7.36. The molecule has 0 spiro atoms. The summed E-state index contributed by atoms with van der Waals surface area (Å²) in [5.74, 6) is 0.348. The minimum Gasteiger partial charge on any atom is -0.493 e. The molecule has 3 aromatic rings. The van der Waals surface area contributed by atoms with Gasteiger partial charge in [-0.1, -0.05) is 60.7 Å². The minimum absolute atomic E-state index is 0.0215. The van der Waals surface area contributed by atoms with Gasteiger partial charge in [-0.25, -0.2) is 8.42 Å². The van der Waals surface area contributed by atoms with Crippen LogP contribution in [-0.4, -0.2) is 45.9 Å². The standard InChI is InChI=1S/C25H28N2O5S/c1-31-23-14-13-22(17-24(23)32-2)33(29,30)27(18-21-11-7-4-8-12-21)19-25(28)26-16-15-20-9-5-3-6-10-20/h3-14,17H,15-16,18-19H2,1-2H3,(H,26,28). The Hall–Kier alpha value is -3.36. The van der Waals surface area contributed by atoms with Crippen LogP contribution < -0.4 is 14.8 Å². The van der Waals surface area contributed by atoms with Crippen LogP contribution in [-0.2, 0) is 27.8 Å². The lowest BCUT2D eigenvalue weighted by Crippen LogP contribution is -2.40. The molecular weight excluding hydrogens is 440 g/mol. The molecule has 3 rings (SSSR count). The van der Waals surface area contributed by atoms with E-state index >= 15 is 0 Å². The number of benzene rings is 3. The second kappa shape index (κ2) is 11.5. The number of ether oxygens (including phenoxy) is 2. The van der Waals surface area contributed by atoms with Gasteiger partial charge in [-0.2, -0.15) is 4.31 Å². The zero-order chi connectivity index (χ0) is 23.7. The van der Waals surface area contributed by atoms with Crippen LogP contribution in [0.4, 0.5) is 0 Å². The Bertz CT molecular complexity index is 1150. The van der Waals surface area contributed by atoms with Crippen molar-refractivity contribution in [2.45, 2.75) is 17.9 Å². The van der Waals surface area contributed by atoms with E-state index in [1.807, 2.05) is 60.7 Å². The molecule has 0 saturated carbocycles. The topological polar surface area (TPSA) is 84.9 Å². The number of carbonyl (C=O) groups is 1. The highest BCUT2D eigenvalue weighted by Gasteiger charge is 2.28. The number of carbonyl (C=O) groups excluding carboxylic acids is 1. The van der Waals surface area contributed by atoms with Crippen molar-refractivity contribution < 1.29 is 22.7 Å². The summed E-state index contributed by atoms with van der Waals surface area (Å²) in [5.41, 5.74) is 1.87. The molecule has 0 saturated heterocycles. The Kier molecular flexibility index (Phi) is 8.46. The molecular formula is C25H28N2O5S. The van der Waals surface area contributed by atoms with Gasteiger partial charge in [-0.05, 0) is 29.7 Å². The number of amides is 1. The molecule has 0 unspecified atom stereocenters. The molecule has 0 heterocycles. The summed E-state index contributed by atoms with van der Waals surface area (Å²) in [5, 5.41) is 2.82. The molecule has 0 atom stereocenters. The molecule has 7 nitrogen and oxygen atoms in total. The Morgan fingerprint density at radius 1 is 0.848 bits per heavy atom. The second-order valence-corrected chi connectivity index (χ2v) is 9.30. The molecule has 33 heavy (non-hydrogen) atoms. The molecule has 3 aromatic carbocycles. The number of nitrogens with one attached hydrogen (secondary N) is 1. The summed E-state index contributed by atoms with van der Waals surface area (Å²) in [6.45, 7) is 0.169. The van der Waals surface area contributed by atoms with Crippen LogP contribution in [0.25, 0.3) is 0 Å². The van der Waals surface area contributed by atoms with Gasteiger partial charge < -0.3 is 14.8 Å². The number of nitrogens with zero attached hydrogens (tertiary/aromatic N) is 1. The van der Waals surface area contributed by atoms with Crippen molar-refractivity contribution in [3.8, 4) is 11.5 Å². The predicted octanol–water partition coefficient (Wildman–Crippen LogP) is 3.25. The molecule has 174 valence electrons. The van der Waals surface area contributed by atoms with E-state index in [2.05, 4.69) is 5.32 Å². The number of hydrogen-bond donors (Lipinski definition) is 1. The molecule has 1 amide bonds. The van der Waals surface area contributed by atoms with E-state index in [9.17, 15) is 13.2 Å². The first kappa shape index (κ1) is 24.3. The summed E-state index contributed by atoms with van der Waals surface area (Å²) in [6, 6.07) is 23.3. The zero-order valence-corrected chi connectivity index (χ0v) is 19.5. The van der Waals surface area contributed by atoms with Crippen molar-refractivity contribution in [1.82, 2.24) is 9.62 Å². The molecule has 0 aromatic heterocycles. The fraction of sp³-hybridized carbons (Fsp3) is 0.240. The third kappa shape index (κ3) is 6.57. The maximum absolute atomic E-state index is 13.5. The largest absolute Gasteiger partial charge is 0.493 e. The molecule has 8 heteroatoms. The maximum Gasteiger partial charge on any atom is 0.243 e. The Balaban J connectivity index is 1.79. The summed E-state index contributed by atoms with van der Waals surface area (Å²) < 4.78 is 38.6. The van der Waals surface area contributed by atoms with Crippen LogP contribution in [0.15, 0.2) is 83.8 Å². The Morgan fingerprint density at radius 3 is 2.06 bits per heavy atom. The Labute approximate surface area is 195 Å². The van der Waals surface area contributed by atoms with E-state index in [0.29, 0.717) is 24.5 Å². The van der Waals surface area contributed by atoms with E-state index in [1.54, 1.807) is 0 Å². The summed E-state index contributed by atoms with van der Waals surface area (Å²) in [6.07, 6.45) is 0.660. The third-order valence-corrected chi connectivity index (χ3v) is 6.88. The normalized spacial score (nSPS) is 11.2. The van der Waals surface area contributed by atoms with Crippen molar-refractivity contribution in [3.05, 3.63) is 90.0 Å². The van der Waals surface area contributed by atoms with Gasteiger partial charge in [0.2, 0.25) is 15.9 Å². The van der Waals surface area contributed by atoms with E-state index in [0.717, 1.165) is 11.1 Å². The molecule has 0 aliphatic rings. The van der Waals surface area contributed by atoms with Crippen LogP contribution in [0.5, 0.6) is 11.5 Å². The Morgan fingerprint density at radius 2 is 1.45 bits per heavy atom. The SMILES string of the molecule is COc1ccc(S(=O)(=O)N(CC(=O)NCCc2ccccc2)Cc2ccccc2)cc1OC. The summed E-state index contributed by atoms with van der Waals surface area (Å²) in [7, 11) is -1.07. The van der Waals surface area contributed by atoms with Gasteiger partial charge in [-0.3, -0.25) is 4.79 Å². The van der Waals surface area contributed by atoms with Crippen molar-refractivity contribution in [1.29, 1.82) is 0 Å². The van der Waals surface area contributed by atoms with Gasteiger partial charge in [-0.15, -0.1) is 0 Å². The van der Waals surface area contributed by atoms with Gasteiger partial charge in [0.1, 0.15) is 0 Å². The van der Waals surface area contributed by atoms with E-state index in [4.69, 9.17) is 9.47 Å². The number of sulfonamides is 1. The highest BCUT2D eigenvalue weighted by molar-refractivity contribution is 7.89. The van der Waals surface area contributed by atoms with Crippen LogP contribution in [0.1, 0.15) is 11.1 Å². The monoisotopic (exact) mass is 468 g/mol. The lowest BCUT2D eigenvalue weighted by molar-refractivity contribution is -0.121. The van der Waals surface area contributed by atoms with E-state index < -0.39 is 10.0 Å². The van der Waals surface area contributed by atoms with E-state index in [1.165, 1.54) is 36.7 Å². The number of rotatable bonds is 11. The summed E-state index contributed by atoms with van der Waals surface area (Å²) >= 11 is 0. The van der Waals surface area contributed by atoms with Crippen molar-refractivity contribution >= 4 is 15.9 Å². The molecule has 0 aliphatic heterocycles. The zero-order valence-electron chi connectivity index (χ0n) is 18.7. The highest BCUT2D eigenvalue weighted by Crippen LogP contribution is 2.31. The first-order valence-corrected chi connectivity index (χ1v) is 11.9. The van der Waals surface area contributed by atoms with Gasteiger partial charge in [0.15, 0.2) is 11.5 Å². The average molecular weight is 469 g/mol. The van der Waals surface area contributed by atoms with E-state index in [-0.39, 0.29) is 23.9 Å². The molecule has 0 radical (unpaired) electrons. The van der Waals surface area contributed by atoms with Gasteiger partial charge in [0.05, 0.1) is 25.7 Å². The molecule has 0 fully saturated rings. The number of methoxy groups -OCH3 is 2. The first-order valence-electron chi connectivity index (χ1n) is 10.5. The smallest absolute Gasteiger partial charge is 0.243 e. The minimum atomic E-state index is -3.99. The van der Waals surface area contributed by atoms with Crippen LogP contribution in [0.3, 0.4) is 0 Å². The van der Waals surface area contributed by atoms with Gasteiger partial charge in [0, 0.05) is 19.2 Å². The highest BCUT2D eigenvalue weighted by atomic mass is 32.2. The van der Waals surface area contributed by atoms with Gasteiger partial charge >= 0.3 is 0 Å². The maximum atomic E-state index is 13.5. The molecule has 0 aliphatic carbocycles. The van der Waals surface area contributed by atoms with Crippen molar-refractivity contribution in [2.24, 2.45) is 0 Å². The van der Waals surface area contributed by atoms with Gasteiger partial charge in [0.25, 0.3) is 0 Å². The van der Waals surface area contributed by atoms with Crippen molar-refractivity contribution in [2.75, 3.05) is 27.3 Å². The molecule has 1 N–H and O–H groups in total. The summed E-state index contributed by atoms with van der Waals surface area (Å²) in [4.78, 5) is 12.7. The first-order chi connectivity index (χ1) is 15.9. The quantitative estimate of drug-likeness (QED) is 0.467. The lowest BCUT2D eigenvalue weighted by atomic mass is 10.1. The fourth-order valence-corrected chi connectivity index (χ4v) is 4.75. The average Bonchev–Trinajstić information content (AvgIpc) is 2.84. The van der Waals surface area contributed by atoms with Crippen LogP contribution in [0, 0.1) is 0 Å². The van der Waals surface area contributed by atoms with Crippen LogP contribution in [0.2, 0.25) is 0 Å². The fourth-order valence-electron chi connectivity index (χ4n) is 3.35. The molecule has 0 bridgehead atoms. The van der Waals surface area contributed by atoms with Crippen molar-refractivity contribution in [3.63, 3.8) is 0 Å². The number of hydrogen-bond acceptors (Lipinski definition) is 5. The predicted molar refractivity (Wildman–Crippen MR) is 127 cm³/mol. The lowest BCUT2D eigenvalue weighted by Gasteiger charge is -2.22. The third-order valence-electron chi connectivity index (χ3n) is 5.09. The van der Waals surface area contributed by atoms with Crippen LogP contribution >= 0.6 is 0 Å².